The van der Waals surface area contributed by atoms with E-state index in [4.69, 9.17) is 5.11 Å². The number of urea groups is 2. The Labute approximate surface area is 242 Å². The quantitative estimate of drug-likeness (QED) is 0.334. The molecule has 1 heterocycles. The number of piperazine rings is 1. The van der Waals surface area contributed by atoms with E-state index in [1.54, 1.807) is 4.90 Å². The third kappa shape index (κ3) is 8.96. The van der Waals surface area contributed by atoms with Crippen molar-refractivity contribution in [3.05, 3.63) is 60.7 Å². The summed E-state index contributed by atoms with van der Waals surface area (Å²) in [7, 11) is 0. The van der Waals surface area contributed by atoms with Crippen molar-refractivity contribution in [3.8, 4) is 0 Å². The molecule has 0 spiro atoms. The van der Waals surface area contributed by atoms with Crippen molar-refractivity contribution in [1.29, 1.82) is 0 Å². The molecule has 1 aliphatic rings. The van der Waals surface area contributed by atoms with Gasteiger partial charge in [0.2, 0.25) is 5.91 Å². The average molecular weight is 566 g/mol. The lowest BCUT2D eigenvalue weighted by Crippen LogP contribution is -2.64. The lowest BCUT2D eigenvalue weighted by molar-refractivity contribution is -0.139. The van der Waals surface area contributed by atoms with Crippen molar-refractivity contribution in [2.45, 2.75) is 58.4 Å². The Morgan fingerprint density at radius 2 is 1.34 bits per heavy atom. The summed E-state index contributed by atoms with van der Waals surface area (Å²) in [6, 6.07) is 16.7. The number of nitrogens with one attached hydrogen (secondary N) is 1. The molecule has 5 amide bonds. The topological polar surface area (TPSA) is 114 Å². The predicted molar refractivity (Wildman–Crippen MR) is 159 cm³/mol. The highest BCUT2D eigenvalue weighted by Crippen LogP contribution is 2.28. The van der Waals surface area contributed by atoms with Crippen LogP contribution < -0.4 is 10.2 Å². The third-order valence-corrected chi connectivity index (χ3v) is 7.17. The second-order valence-corrected chi connectivity index (χ2v) is 10.2. The SMILES string of the molecule is CCCCCN(CCCCC)C(=O)N1CCN(C(=O)N(c2ccccc2)c2ccccc2)[C@H](C(=O)NCC(=O)O)C1. The largest absolute Gasteiger partial charge is 0.480 e. The summed E-state index contributed by atoms with van der Waals surface area (Å²) >= 11 is 0. The average Bonchev–Trinajstić information content (AvgIpc) is 2.99. The Morgan fingerprint density at radius 1 is 0.805 bits per heavy atom. The zero-order chi connectivity index (χ0) is 29.6. The number of carbonyl (C=O) groups is 4. The number of anilines is 2. The van der Waals surface area contributed by atoms with E-state index in [0.29, 0.717) is 24.5 Å². The first-order chi connectivity index (χ1) is 19.9. The van der Waals surface area contributed by atoms with Gasteiger partial charge in [0.1, 0.15) is 12.6 Å². The van der Waals surface area contributed by atoms with Gasteiger partial charge in [-0.1, -0.05) is 75.9 Å². The van der Waals surface area contributed by atoms with Crippen molar-refractivity contribution in [2.75, 3.05) is 44.2 Å². The number of para-hydroxylation sites is 2. The lowest BCUT2D eigenvalue weighted by Gasteiger charge is -2.43. The minimum Gasteiger partial charge on any atom is -0.480 e. The summed E-state index contributed by atoms with van der Waals surface area (Å²) in [5.74, 6) is -1.80. The van der Waals surface area contributed by atoms with E-state index in [0.717, 1.165) is 38.5 Å². The van der Waals surface area contributed by atoms with Crippen LogP contribution in [-0.4, -0.2) is 89.1 Å². The first-order valence-electron chi connectivity index (χ1n) is 14.6. The number of carbonyl (C=O) groups excluding carboxylic acids is 3. The molecule has 0 unspecified atom stereocenters. The fourth-order valence-corrected chi connectivity index (χ4v) is 4.95. The summed E-state index contributed by atoms with van der Waals surface area (Å²) in [6.07, 6.45) is 5.94. The number of nitrogens with zero attached hydrogens (tertiary/aromatic N) is 4. The highest BCUT2D eigenvalue weighted by molar-refractivity contribution is 6.02. The molecule has 2 aromatic carbocycles. The van der Waals surface area contributed by atoms with Crippen LogP contribution >= 0.6 is 0 Å². The van der Waals surface area contributed by atoms with E-state index >= 15 is 0 Å². The van der Waals surface area contributed by atoms with Gasteiger partial charge in [0, 0.05) is 26.2 Å². The van der Waals surface area contributed by atoms with E-state index in [2.05, 4.69) is 19.2 Å². The maximum atomic E-state index is 14.2. The van der Waals surface area contributed by atoms with Crippen LogP contribution in [0.3, 0.4) is 0 Å². The number of rotatable bonds is 13. The molecule has 0 radical (unpaired) electrons. The minimum absolute atomic E-state index is 0.0223. The second kappa shape index (κ2) is 16.2. The molecule has 1 atom stereocenters. The number of carboxylic acid groups (broad SMARTS) is 1. The number of unbranched alkanes of at least 4 members (excludes halogenated alkanes) is 4. The van der Waals surface area contributed by atoms with Crippen molar-refractivity contribution in [2.24, 2.45) is 0 Å². The maximum absolute atomic E-state index is 14.2. The van der Waals surface area contributed by atoms with Gasteiger partial charge < -0.3 is 25.1 Å². The maximum Gasteiger partial charge on any atom is 0.329 e. The molecule has 0 aromatic heterocycles. The summed E-state index contributed by atoms with van der Waals surface area (Å²) in [4.78, 5) is 58.9. The molecule has 1 saturated heterocycles. The van der Waals surface area contributed by atoms with Gasteiger partial charge in [-0.05, 0) is 37.1 Å². The number of carboxylic acids is 1. The standard InChI is InChI=1S/C31H43N5O5/c1-3-5-13-19-33(20-14-6-4-2)30(40)34-21-22-35(27(24-34)29(39)32-23-28(37)38)31(41)36(25-15-9-7-10-16-25)26-17-11-8-12-18-26/h7-12,15-18,27H,3-6,13-14,19-24H2,1-2H3,(H,32,39)(H,37,38)/t27-/m0/s1. The molecule has 0 aliphatic carbocycles. The minimum atomic E-state index is -1.19. The van der Waals surface area contributed by atoms with Crippen LogP contribution in [-0.2, 0) is 9.59 Å². The molecule has 10 heteroatoms. The van der Waals surface area contributed by atoms with E-state index in [1.807, 2.05) is 65.6 Å². The van der Waals surface area contributed by atoms with E-state index in [-0.39, 0.29) is 25.7 Å². The van der Waals surface area contributed by atoms with Gasteiger partial charge in [-0.2, -0.15) is 0 Å². The summed E-state index contributed by atoms with van der Waals surface area (Å²) in [6.45, 7) is 5.31. The van der Waals surface area contributed by atoms with Gasteiger partial charge in [-0.25, -0.2) is 9.59 Å². The third-order valence-electron chi connectivity index (χ3n) is 7.17. The van der Waals surface area contributed by atoms with Crippen LogP contribution in [0.4, 0.5) is 21.0 Å². The van der Waals surface area contributed by atoms with E-state index < -0.39 is 30.5 Å². The first kappa shape index (κ1) is 31.4. The molecular formula is C31H43N5O5. The molecule has 1 fully saturated rings. The highest BCUT2D eigenvalue weighted by atomic mass is 16.4. The van der Waals surface area contributed by atoms with Crippen molar-refractivity contribution >= 4 is 35.3 Å². The van der Waals surface area contributed by atoms with Gasteiger partial charge in [-0.15, -0.1) is 0 Å². The number of amides is 5. The molecule has 0 bridgehead atoms. The van der Waals surface area contributed by atoms with Gasteiger partial charge in [0.25, 0.3) is 0 Å². The Balaban J connectivity index is 1.88. The van der Waals surface area contributed by atoms with E-state index in [9.17, 15) is 19.2 Å². The molecule has 2 N–H and O–H groups in total. The normalized spacial score (nSPS) is 14.8. The van der Waals surface area contributed by atoms with Gasteiger partial charge in [-0.3, -0.25) is 14.5 Å². The Bertz CT molecular complexity index is 1080. The van der Waals surface area contributed by atoms with Crippen LogP contribution in [0.5, 0.6) is 0 Å². The Kier molecular flexibility index (Phi) is 12.5. The van der Waals surface area contributed by atoms with Gasteiger partial charge in [0.15, 0.2) is 0 Å². The zero-order valence-electron chi connectivity index (χ0n) is 24.2. The number of aliphatic carboxylic acids is 1. The highest BCUT2D eigenvalue weighted by Gasteiger charge is 2.40. The van der Waals surface area contributed by atoms with Gasteiger partial charge >= 0.3 is 18.0 Å². The Morgan fingerprint density at radius 3 is 1.83 bits per heavy atom. The number of hydrogen-bond donors (Lipinski definition) is 2. The molecule has 0 saturated carbocycles. The monoisotopic (exact) mass is 565 g/mol. The first-order valence-corrected chi connectivity index (χ1v) is 14.6. The molecular weight excluding hydrogens is 522 g/mol. The van der Waals surface area contributed by atoms with Crippen molar-refractivity contribution in [3.63, 3.8) is 0 Å². The summed E-state index contributed by atoms with van der Waals surface area (Å²) in [5.41, 5.74) is 1.26. The summed E-state index contributed by atoms with van der Waals surface area (Å²) < 4.78 is 0. The van der Waals surface area contributed by atoms with Crippen LogP contribution in [0.1, 0.15) is 52.4 Å². The molecule has 41 heavy (non-hydrogen) atoms. The van der Waals surface area contributed by atoms with Crippen LogP contribution in [0.25, 0.3) is 0 Å². The molecule has 2 aromatic rings. The Hall–Kier alpha value is -4.08. The number of benzene rings is 2. The molecule has 1 aliphatic heterocycles. The van der Waals surface area contributed by atoms with E-state index in [1.165, 1.54) is 9.80 Å². The molecule has 3 rings (SSSR count). The van der Waals surface area contributed by atoms with Gasteiger partial charge in [0.05, 0.1) is 17.9 Å². The van der Waals surface area contributed by atoms with Crippen LogP contribution in [0.15, 0.2) is 60.7 Å². The van der Waals surface area contributed by atoms with Crippen molar-refractivity contribution < 1.29 is 24.3 Å². The van der Waals surface area contributed by atoms with Crippen LogP contribution in [0, 0.1) is 0 Å². The second-order valence-electron chi connectivity index (χ2n) is 10.2. The summed E-state index contributed by atoms with van der Waals surface area (Å²) in [5, 5.41) is 11.6. The fourth-order valence-electron chi connectivity index (χ4n) is 4.95. The van der Waals surface area contributed by atoms with Crippen molar-refractivity contribution in [1.82, 2.24) is 20.0 Å². The van der Waals surface area contributed by atoms with Crippen LogP contribution in [0.2, 0.25) is 0 Å². The fraction of sp³-hybridized carbons (Fsp3) is 0.484. The lowest BCUT2D eigenvalue weighted by atomic mass is 10.1. The predicted octanol–water partition coefficient (Wildman–Crippen LogP) is 4.93. The molecule has 10 nitrogen and oxygen atoms in total. The zero-order valence-corrected chi connectivity index (χ0v) is 24.2. The smallest absolute Gasteiger partial charge is 0.329 e. The number of hydrogen-bond acceptors (Lipinski definition) is 4. The molecule has 222 valence electrons.